The number of carboxylic acid groups (broad SMARTS) is 1. The van der Waals surface area contributed by atoms with Gasteiger partial charge in [0.1, 0.15) is 0 Å². The highest BCUT2D eigenvalue weighted by Gasteiger charge is 2.41. The van der Waals surface area contributed by atoms with Gasteiger partial charge < -0.3 is 14.9 Å². The van der Waals surface area contributed by atoms with Gasteiger partial charge in [-0.15, -0.1) is 0 Å². The summed E-state index contributed by atoms with van der Waals surface area (Å²) in [6, 6.07) is 0.503. The first kappa shape index (κ1) is 12.8. The van der Waals surface area contributed by atoms with E-state index in [0.29, 0.717) is 31.5 Å². The molecule has 19 heavy (non-hydrogen) atoms. The van der Waals surface area contributed by atoms with Crippen molar-refractivity contribution in [3.8, 4) is 0 Å². The Bertz CT molecular complexity index is 385. The minimum atomic E-state index is -0.771. The first-order valence-corrected chi connectivity index (χ1v) is 7.45. The average Bonchev–Trinajstić information content (AvgIpc) is 3.05. The van der Waals surface area contributed by atoms with Crippen molar-refractivity contribution in [3.05, 3.63) is 0 Å². The van der Waals surface area contributed by atoms with Gasteiger partial charge in [-0.05, 0) is 31.6 Å². The molecule has 0 aromatic rings. The Labute approximate surface area is 113 Å². The van der Waals surface area contributed by atoms with E-state index in [0.717, 1.165) is 19.4 Å². The van der Waals surface area contributed by atoms with Crippen molar-refractivity contribution in [2.75, 3.05) is 19.6 Å². The van der Waals surface area contributed by atoms with Gasteiger partial charge in [0, 0.05) is 25.7 Å². The number of nitrogens with zero attached hydrogens (tertiary/aromatic N) is 2. The number of carboxylic acids is 1. The van der Waals surface area contributed by atoms with E-state index in [4.69, 9.17) is 5.11 Å². The van der Waals surface area contributed by atoms with Crippen molar-refractivity contribution in [3.63, 3.8) is 0 Å². The van der Waals surface area contributed by atoms with E-state index in [9.17, 15) is 9.59 Å². The number of fused-ring (bicyclic) bond motifs is 1. The normalized spacial score (nSPS) is 34.4. The highest BCUT2D eigenvalue weighted by atomic mass is 16.4. The topological polar surface area (TPSA) is 60.9 Å². The molecule has 3 fully saturated rings. The van der Waals surface area contributed by atoms with E-state index in [-0.39, 0.29) is 11.9 Å². The minimum absolute atomic E-state index is 0.0816. The highest BCUT2D eigenvalue weighted by molar-refractivity contribution is 5.78. The van der Waals surface area contributed by atoms with Gasteiger partial charge >= 0.3 is 12.0 Å². The SMILES string of the molecule is O=C(O)C1CCN(C(=O)N2CCC3CCCCC32)C1. The molecule has 2 saturated heterocycles. The van der Waals surface area contributed by atoms with Crippen molar-refractivity contribution in [1.82, 2.24) is 9.80 Å². The number of amides is 2. The van der Waals surface area contributed by atoms with Gasteiger partial charge in [0.05, 0.1) is 5.92 Å². The maximum atomic E-state index is 12.5. The zero-order valence-electron chi connectivity index (χ0n) is 11.3. The number of aliphatic carboxylic acids is 1. The lowest BCUT2D eigenvalue weighted by Crippen LogP contribution is -2.46. The molecule has 2 aliphatic heterocycles. The van der Waals surface area contributed by atoms with E-state index in [1.807, 2.05) is 4.90 Å². The number of hydrogen-bond acceptors (Lipinski definition) is 2. The van der Waals surface area contributed by atoms with Crippen LogP contribution < -0.4 is 0 Å². The fourth-order valence-electron chi connectivity index (χ4n) is 3.96. The van der Waals surface area contributed by atoms with Gasteiger partial charge in [-0.25, -0.2) is 4.79 Å². The summed E-state index contributed by atoms with van der Waals surface area (Å²) >= 11 is 0. The lowest BCUT2D eigenvalue weighted by molar-refractivity contribution is -0.141. The van der Waals surface area contributed by atoms with Crippen LogP contribution in [0.4, 0.5) is 4.79 Å². The van der Waals surface area contributed by atoms with Crippen LogP contribution in [0.1, 0.15) is 38.5 Å². The zero-order valence-corrected chi connectivity index (χ0v) is 11.3. The number of carbonyl (C=O) groups excluding carboxylic acids is 1. The molecule has 3 rings (SSSR count). The molecular weight excluding hydrogens is 244 g/mol. The van der Waals surface area contributed by atoms with Crippen LogP contribution in [-0.4, -0.2) is 52.6 Å². The Morgan fingerprint density at radius 3 is 2.53 bits per heavy atom. The van der Waals surface area contributed by atoms with Crippen molar-refractivity contribution >= 4 is 12.0 Å². The number of hydrogen-bond donors (Lipinski definition) is 1. The highest BCUT2D eigenvalue weighted by Crippen LogP contribution is 2.37. The predicted octanol–water partition coefficient (Wildman–Crippen LogP) is 1.78. The largest absolute Gasteiger partial charge is 0.481 e. The maximum absolute atomic E-state index is 12.5. The molecule has 2 amide bonds. The Hall–Kier alpha value is -1.26. The van der Waals surface area contributed by atoms with Crippen molar-refractivity contribution < 1.29 is 14.7 Å². The molecule has 0 radical (unpaired) electrons. The number of likely N-dealkylation sites (tertiary alicyclic amines) is 2. The summed E-state index contributed by atoms with van der Waals surface area (Å²) in [6.07, 6.45) is 6.64. The van der Waals surface area contributed by atoms with E-state index < -0.39 is 5.97 Å². The van der Waals surface area contributed by atoms with Gasteiger partial charge in [0.2, 0.25) is 0 Å². The molecule has 0 spiro atoms. The average molecular weight is 266 g/mol. The monoisotopic (exact) mass is 266 g/mol. The van der Waals surface area contributed by atoms with Gasteiger partial charge in [-0.2, -0.15) is 0 Å². The molecule has 2 heterocycles. The number of urea groups is 1. The standard InChI is InChI=1S/C14H22N2O3/c17-13(18)11-5-7-15(9-11)14(19)16-8-6-10-3-1-2-4-12(10)16/h10-12H,1-9H2,(H,17,18). The summed E-state index contributed by atoms with van der Waals surface area (Å²) in [7, 11) is 0. The van der Waals surface area contributed by atoms with E-state index in [2.05, 4.69) is 0 Å². The van der Waals surface area contributed by atoms with Gasteiger partial charge in [0.15, 0.2) is 0 Å². The van der Waals surface area contributed by atoms with Crippen LogP contribution in [0.5, 0.6) is 0 Å². The lowest BCUT2D eigenvalue weighted by Gasteiger charge is -2.34. The Morgan fingerprint density at radius 1 is 1.00 bits per heavy atom. The van der Waals surface area contributed by atoms with Crippen LogP contribution in [0.2, 0.25) is 0 Å². The summed E-state index contributed by atoms with van der Waals surface area (Å²) in [6.45, 7) is 1.86. The quantitative estimate of drug-likeness (QED) is 0.787. The lowest BCUT2D eigenvalue weighted by atomic mass is 9.85. The molecule has 1 aliphatic carbocycles. The third kappa shape index (κ3) is 2.30. The van der Waals surface area contributed by atoms with Gasteiger partial charge in [0.25, 0.3) is 0 Å². The first-order chi connectivity index (χ1) is 9.16. The molecule has 3 atom stereocenters. The summed E-state index contributed by atoms with van der Waals surface area (Å²) in [5.74, 6) is -0.448. The maximum Gasteiger partial charge on any atom is 0.320 e. The minimum Gasteiger partial charge on any atom is -0.481 e. The fraction of sp³-hybridized carbons (Fsp3) is 0.857. The van der Waals surface area contributed by atoms with Crippen molar-refractivity contribution in [2.45, 2.75) is 44.6 Å². The predicted molar refractivity (Wildman–Crippen MR) is 69.8 cm³/mol. The molecular formula is C14H22N2O3. The molecule has 5 nitrogen and oxygen atoms in total. The molecule has 3 aliphatic rings. The van der Waals surface area contributed by atoms with Gasteiger partial charge in [-0.3, -0.25) is 4.79 Å². The van der Waals surface area contributed by atoms with Crippen LogP contribution in [0.15, 0.2) is 0 Å². The third-order valence-electron chi connectivity index (χ3n) is 5.06. The summed E-state index contributed by atoms with van der Waals surface area (Å²) in [5, 5.41) is 9.01. The van der Waals surface area contributed by atoms with Crippen molar-refractivity contribution in [1.29, 1.82) is 0 Å². The molecule has 5 heteroatoms. The van der Waals surface area contributed by atoms with Crippen molar-refractivity contribution in [2.24, 2.45) is 11.8 Å². The van der Waals surface area contributed by atoms with Crippen LogP contribution in [0.3, 0.4) is 0 Å². The number of carbonyl (C=O) groups is 2. The number of rotatable bonds is 1. The summed E-state index contributed by atoms with van der Waals surface area (Å²) in [4.78, 5) is 27.3. The molecule has 1 saturated carbocycles. The molecule has 0 aromatic heterocycles. The van der Waals surface area contributed by atoms with Crippen LogP contribution >= 0.6 is 0 Å². The van der Waals surface area contributed by atoms with Gasteiger partial charge in [-0.1, -0.05) is 12.8 Å². The smallest absolute Gasteiger partial charge is 0.320 e. The van der Waals surface area contributed by atoms with Crippen LogP contribution in [0.25, 0.3) is 0 Å². The Balaban J connectivity index is 1.63. The molecule has 0 aromatic carbocycles. The van der Waals surface area contributed by atoms with Crippen LogP contribution in [-0.2, 0) is 4.79 Å². The second kappa shape index (κ2) is 5.02. The van der Waals surface area contributed by atoms with Crippen LogP contribution in [0, 0.1) is 11.8 Å². The first-order valence-electron chi connectivity index (χ1n) is 7.45. The van der Waals surface area contributed by atoms with E-state index in [1.165, 1.54) is 19.3 Å². The molecule has 106 valence electrons. The third-order valence-corrected chi connectivity index (χ3v) is 5.06. The second-order valence-corrected chi connectivity index (χ2v) is 6.15. The molecule has 0 bridgehead atoms. The molecule has 3 unspecified atom stereocenters. The fourth-order valence-corrected chi connectivity index (χ4v) is 3.96. The molecule has 1 N–H and O–H groups in total. The second-order valence-electron chi connectivity index (χ2n) is 6.15. The summed E-state index contributed by atoms with van der Waals surface area (Å²) < 4.78 is 0. The van der Waals surface area contributed by atoms with E-state index in [1.54, 1.807) is 4.90 Å². The Kier molecular flexibility index (Phi) is 3.37. The Morgan fingerprint density at radius 2 is 1.79 bits per heavy atom. The summed E-state index contributed by atoms with van der Waals surface area (Å²) in [5.41, 5.74) is 0. The zero-order chi connectivity index (χ0) is 13.4. The van der Waals surface area contributed by atoms with E-state index >= 15 is 0 Å².